The molecular weight excluding hydrogens is 232 g/mol. The van der Waals surface area contributed by atoms with Gasteiger partial charge in [0.1, 0.15) is 5.82 Å². The number of hydrogen-bond donors (Lipinski definition) is 2. The van der Waals surface area contributed by atoms with Gasteiger partial charge in [-0.1, -0.05) is 18.2 Å². The summed E-state index contributed by atoms with van der Waals surface area (Å²) in [5.74, 6) is 0.952. The lowest BCUT2D eigenvalue weighted by molar-refractivity contribution is 0.259. The maximum absolute atomic E-state index is 11.0. The normalized spacial score (nSPS) is 10.1. The Labute approximate surface area is 104 Å². The Morgan fingerprint density at radius 1 is 1.39 bits per heavy atom. The Kier molecular flexibility index (Phi) is 3.18. The van der Waals surface area contributed by atoms with Crippen LogP contribution in [0, 0.1) is 6.92 Å². The number of anilines is 1. The Morgan fingerprint density at radius 3 is 2.61 bits per heavy atom. The molecule has 2 amide bonds. The predicted octanol–water partition coefficient (Wildman–Crippen LogP) is 1.68. The van der Waals surface area contributed by atoms with Crippen molar-refractivity contribution in [3.8, 4) is 11.6 Å². The molecule has 2 aromatic rings. The van der Waals surface area contributed by atoms with Gasteiger partial charge in [-0.15, -0.1) is 5.10 Å². The standard InChI is InChI=1S/C12H14N4O2/c1-8-10(14-12(13)17)16(15-11(8)18-2)9-6-4-3-5-7-9/h3-7H,1-2H3,(H3,13,14,17). The molecule has 6 heteroatoms. The lowest BCUT2D eigenvalue weighted by Gasteiger charge is -2.07. The molecule has 0 spiro atoms. The number of para-hydroxylation sites is 1. The van der Waals surface area contributed by atoms with Crippen molar-refractivity contribution in [3.05, 3.63) is 35.9 Å². The minimum atomic E-state index is -0.641. The summed E-state index contributed by atoms with van der Waals surface area (Å²) in [7, 11) is 1.53. The zero-order chi connectivity index (χ0) is 13.1. The van der Waals surface area contributed by atoms with E-state index in [1.165, 1.54) is 7.11 Å². The molecule has 0 saturated heterocycles. The number of nitrogens with two attached hydrogens (primary N) is 1. The van der Waals surface area contributed by atoms with Crippen molar-refractivity contribution >= 4 is 11.8 Å². The number of urea groups is 1. The molecule has 0 aliphatic rings. The van der Waals surface area contributed by atoms with Crippen molar-refractivity contribution in [2.45, 2.75) is 6.92 Å². The molecule has 1 aromatic carbocycles. The molecule has 0 radical (unpaired) electrons. The highest BCUT2D eigenvalue weighted by atomic mass is 16.5. The van der Waals surface area contributed by atoms with Crippen molar-refractivity contribution in [3.63, 3.8) is 0 Å². The molecule has 0 fully saturated rings. The van der Waals surface area contributed by atoms with E-state index in [1.54, 1.807) is 11.6 Å². The van der Waals surface area contributed by atoms with Crippen LogP contribution in [-0.2, 0) is 0 Å². The van der Waals surface area contributed by atoms with E-state index >= 15 is 0 Å². The van der Waals surface area contributed by atoms with E-state index in [9.17, 15) is 4.79 Å². The van der Waals surface area contributed by atoms with Crippen LogP contribution in [0.25, 0.3) is 5.69 Å². The van der Waals surface area contributed by atoms with Crippen LogP contribution in [-0.4, -0.2) is 22.9 Å². The summed E-state index contributed by atoms with van der Waals surface area (Å²) in [6, 6.07) is 8.77. The fourth-order valence-electron chi connectivity index (χ4n) is 1.69. The highest BCUT2D eigenvalue weighted by molar-refractivity contribution is 5.88. The van der Waals surface area contributed by atoms with E-state index in [0.29, 0.717) is 11.7 Å². The molecule has 3 N–H and O–H groups in total. The molecule has 0 aliphatic carbocycles. The van der Waals surface area contributed by atoms with Crippen LogP contribution in [0.1, 0.15) is 5.56 Å². The fraction of sp³-hybridized carbons (Fsp3) is 0.167. The molecule has 0 unspecified atom stereocenters. The molecule has 0 aliphatic heterocycles. The van der Waals surface area contributed by atoms with Crippen LogP contribution >= 0.6 is 0 Å². The van der Waals surface area contributed by atoms with Gasteiger partial charge in [-0.25, -0.2) is 9.48 Å². The molecular formula is C12H14N4O2. The first-order valence-corrected chi connectivity index (χ1v) is 5.39. The van der Waals surface area contributed by atoms with Gasteiger partial charge in [0.2, 0.25) is 5.88 Å². The minimum Gasteiger partial charge on any atom is -0.480 e. The first-order valence-electron chi connectivity index (χ1n) is 5.39. The first kappa shape index (κ1) is 12.0. The minimum absolute atomic E-state index is 0.447. The quantitative estimate of drug-likeness (QED) is 0.864. The predicted molar refractivity (Wildman–Crippen MR) is 68.1 cm³/mol. The van der Waals surface area contributed by atoms with Crippen molar-refractivity contribution in [1.29, 1.82) is 0 Å². The van der Waals surface area contributed by atoms with Gasteiger partial charge in [-0.2, -0.15) is 0 Å². The molecule has 0 saturated carbocycles. The van der Waals surface area contributed by atoms with Crippen LogP contribution in [0.15, 0.2) is 30.3 Å². The molecule has 1 heterocycles. The van der Waals surface area contributed by atoms with E-state index < -0.39 is 6.03 Å². The number of amides is 2. The van der Waals surface area contributed by atoms with Crippen molar-refractivity contribution in [1.82, 2.24) is 9.78 Å². The summed E-state index contributed by atoms with van der Waals surface area (Å²) >= 11 is 0. The smallest absolute Gasteiger partial charge is 0.317 e. The van der Waals surface area contributed by atoms with Crippen molar-refractivity contribution in [2.75, 3.05) is 12.4 Å². The number of aromatic nitrogens is 2. The fourth-order valence-corrected chi connectivity index (χ4v) is 1.69. The van der Waals surface area contributed by atoms with Crippen molar-refractivity contribution < 1.29 is 9.53 Å². The summed E-state index contributed by atoms with van der Waals surface area (Å²) in [5, 5.41) is 6.83. The second-order valence-corrected chi connectivity index (χ2v) is 3.72. The number of methoxy groups -OCH3 is 1. The Bertz CT molecular complexity index is 563. The van der Waals surface area contributed by atoms with Gasteiger partial charge in [0, 0.05) is 0 Å². The molecule has 18 heavy (non-hydrogen) atoms. The second-order valence-electron chi connectivity index (χ2n) is 3.72. The third-order valence-corrected chi connectivity index (χ3v) is 2.51. The number of nitrogens with one attached hydrogen (secondary N) is 1. The van der Waals surface area contributed by atoms with Gasteiger partial charge in [0.15, 0.2) is 0 Å². The Balaban J connectivity index is 2.55. The zero-order valence-electron chi connectivity index (χ0n) is 10.2. The topological polar surface area (TPSA) is 82.2 Å². The number of carbonyl (C=O) groups excluding carboxylic acids is 1. The summed E-state index contributed by atoms with van der Waals surface area (Å²) in [6.45, 7) is 1.80. The Hall–Kier alpha value is -2.50. The summed E-state index contributed by atoms with van der Waals surface area (Å²) in [4.78, 5) is 11.0. The molecule has 1 aromatic heterocycles. The van der Waals surface area contributed by atoms with Crippen LogP contribution in [0.2, 0.25) is 0 Å². The van der Waals surface area contributed by atoms with Crippen molar-refractivity contribution in [2.24, 2.45) is 5.73 Å². The summed E-state index contributed by atoms with van der Waals surface area (Å²) in [6.07, 6.45) is 0. The van der Waals surface area contributed by atoms with Crippen LogP contribution in [0.3, 0.4) is 0 Å². The van der Waals surface area contributed by atoms with Gasteiger partial charge in [0.05, 0.1) is 18.4 Å². The van der Waals surface area contributed by atoms with E-state index in [2.05, 4.69) is 10.4 Å². The number of hydrogen-bond acceptors (Lipinski definition) is 3. The third kappa shape index (κ3) is 2.13. The van der Waals surface area contributed by atoms with E-state index in [-0.39, 0.29) is 0 Å². The maximum Gasteiger partial charge on any atom is 0.317 e. The van der Waals surface area contributed by atoms with E-state index in [4.69, 9.17) is 10.5 Å². The largest absolute Gasteiger partial charge is 0.480 e. The number of rotatable bonds is 3. The first-order chi connectivity index (χ1) is 8.63. The number of ether oxygens (including phenoxy) is 1. The van der Waals surface area contributed by atoms with Crippen LogP contribution in [0.4, 0.5) is 10.6 Å². The summed E-state index contributed by atoms with van der Waals surface area (Å²) < 4.78 is 6.73. The zero-order valence-corrected chi connectivity index (χ0v) is 10.2. The van der Waals surface area contributed by atoms with Gasteiger partial charge in [-0.3, -0.25) is 5.32 Å². The summed E-state index contributed by atoms with van der Waals surface area (Å²) in [5.41, 5.74) is 6.69. The average molecular weight is 246 g/mol. The van der Waals surface area contributed by atoms with Gasteiger partial charge in [-0.05, 0) is 19.1 Å². The molecule has 0 atom stereocenters. The lowest BCUT2D eigenvalue weighted by Crippen LogP contribution is -2.21. The van der Waals surface area contributed by atoms with Gasteiger partial charge in [0.25, 0.3) is 0 Å². The Morgan fingerprint density at radius 2 is 2.06 bits per heavy atom. The van der Waals surface area contributed by atoms with E-state index in [0.717, 1.165) is 11.3 Å². The number of primary amides is 1. The molecule has 6 nitrogen and oxygen atoms in total. The number of nitrogens with zero attached hydrogens (tertiary/aromatic N) is 2. The number of carbonyl (C=O) groups is 1. The second kappa shape index (κ2) is 4.79. The van der Waals surface area contributed by atoms with E-state index in [1.807, 2.05) is 30.3 Å². The maximum atomic E-state index is 11.0. The average Bonchev–Trinajstić information content (AvgIpc) is 2.67. The SMILES string of the molecule is COc1nn(-c2ccccc2)c(NC(N)=O)c1C. The van der Waals surface area contributed by atoms with Crippen LogP contribution < -0.4 is 15.8 Å². The molecule has 94 valence electrons. The van der Waals surface area contributed by atoms with Gasteiger partial charge < -0.3 is 10.5 Å². The highest BCUT2D eigenvalue weighted by Gasteiger charge is 2.17. The van der Waals surface area contributed by atoms with Gasteiger partial charge >= 0.3 is 6.03 Å². The van der Waals surface area contributed by atoms with Crippen LogP contribution in [0.5, 0.6) is 5.88 Å². The highest BCUT2D eigenvalue weighted by Crippen LogP contribution is 2.27. The molecule has 2 rings (SSSR count). The number of benzene rings is 1. The monoisotopic (exact) mass is 246 g/mol. The third-order valence-electron chi connectivity index (χ3n) is 2.51. The molecule has 0 bridgehead atoms. The lowest BCUT2D eigenvalue weighted by atomic mass is 10.3.